The van der Waals surface area contributed by atoms with Crippen LogP contribution >= 0.6 is 11.8 Å². The molecule has 130 valence electrons. The number of ether oxygens (including phenoxy) is 1. The molecule has 2 fully saturated rings. The van der Waals surface area contributed by atoms with E-state index in [1.807, 2.05) is 0 Å². The molecule has 1 saturated heterocycles. The van der Waals surface area contributed by atoms with Crippen LogP contribution in [0.5, 0.6) is 0 Å². The molecule has 0 aromatic heterocycles. The normalized spacial score (nSPS) is 23.2. The maximum absolute atomic E-state index is 5.68. The number of unbranched alkanes of at least 4 members (excludes halogenated alkanes) is 7. The first-order valence-corrected chi connectivity index (χ1v) is 11.2. The van der Waals surface area contributed by atoms with E-state index in [4.69, 9.17) is 4.74 Å². The minimum atomic E-state index is 0.613. The van der Waals surface area contributed by atoms with Gasteiger partial charge in [0.05, 0.1) is 6.10 Å². The Bertz CT molecular complexity index is 244. The summed E-state index contributed by atoms with van der Waals surface area (Å²) in [5.74, 6) is 1.42. The van der Waals surface area contributed by atoms with Gasteiger partial charge in [0.1, 0.15) is 0 Å². The van der Waals surface area contributed by atoms with Crippen LogP contribution in [0, 0.1) is 0 Å². The minimum Gasteiger partial charge on any atom is -0.378 e. The molecule has 0 aromatic carbocycles. The Labute approximate surface area is 143 Å². The second-order valence-corrected chi connectivity index (χ2v) is 8.79. The molecule has 0 amide bonds. The molecule has 0 N–H and O–H groups in total. The van der Waals surface area contributed by atoms with Gasteiger partial charge in [0, 0.05) is 11.9 Å². The maximum Gasteiger partial charge on any atom is 0.0576 e. The summed E-state index contributed by atoms with van der Waals surface area (Å²) in [6.45, 7) is 1.02. The third kappa shape index (κ3) is 8.82. The summed E-state index contributed by atoms with van der Waals surface area (Å²) in [4.78, 5) is 0. The third-order valence-electron chi connectivity index (χ3n) is 5.35. The Morgan fingerprint density at radius 1 is 0.682 bits per heavy atom. The Morgan fingerprint density at radius 2 is 1.36 bits per heavy atom. The van der Waals surface area contributed by atoms with Crippen LogP contribution in [0.25, 0.3) is 0 Å². The van der Waals surface area contributed by atoms with Crippen molar-refractivity contribution in [1.82, 2.24) is 0 Å². The second-order valence-electron chi connectivity index (χ2n) is 7.38. The topological polar surface area (TPSA) is 9.23 Å². The summed E-state index contributed by atoms with van der Waals surface area (Å²) in [5, 5.41) is 1.01. The highest BCUT2D eigenvalue weighted by molar-refractivity contribution is 7.99. The van der Waals surface area contributed by atoms with E-state index in [1.54, 1.807) is 0 Å². The van der Waals surface area contributed by atoms with E-state index in [0.29, 0.717) is 6.10 Å². The number of hydrogen-bond acceptors (Lipinski definition) is 2. The molecule has 1 atom stereocenters. The molecule has 1 aliphatic carbocycles. The van der Waals surface area contributed by atoms with Crippen LogP contribution in [0.2, 0.25) is 0 Å². The summed E-state index contributed by atoms with van der Waals surface area (Å²) in [7, 11) is 0. The highest BCUT2D eigenvalue weighted by atomic mass is 32.2. The number of rotatable bonds is 12. The van der Waals surface area contributed by atoms with Crippen molar-refractivity contribution in [2.75, 3.05) is 12.4 Å². The Hall–Kier alpha value is 0.310. The van der Waals surface area contributed by atoms with Gasteiger partial charge in [-0.15, -0.1) is 0 Å². The summed E-state index contributed by atoms with van der Waals surface area (Å²) < 4.78 is 5.68. The summed E-state index contributed by atoms with van der Waals surface area (Å²) in [6, 6.07) is 0. The van der Waals surface area contributed by atoms with Crippen LogP contribution in [0.4, 0.5) is 0 Å². The van der Waals surface area contributed by atoms with Gasteiger partial charge in [0.15, 0.2) is 0 Å². The van der Waals surface area contributed by atoms with Gasteiger partial charge in [0.2, 0.25) is 0 Å². The molecule has 2 heteroatoms. The van der Waals surface area contributed by atoms with Gasteiger partial charge in [-0.3, -0.25) is 0 Å². The lowest BCUT2D eigenvalue weighted by Gasteiger charge is -2.20. The second kappa shape index (κ2) is 12.7. The molecule has 1 nitrogen and oxygen atoms in total. The molecule has 1 aliphatic heterocycles. The van der Waals surface area contributed by atoms with Crippen LogP contribution < -0.4 is 0 Å². The average Bonchev–Trinajstić information content (AvgIpc) is 3.07. The molecular formula is C20H38OS. The first-order valence-electron chi connectivity index (χ1n) is 10.2. The highest BCUT2D eigenvalue weighted by Gasteiger charge is 2.14. The smallest absolute Gasteiger partial charge is 0.0576 e. The van der Waals surface area contributed by atoms with E-state index in [-0.39, 0.29) is 0 Å². The van der Waals surface area contributed by atoms with Gasteiger partial charge in [-0.05, 0) is 44.3 Å². The van der Waals surface area contributed by atoms with Crippen LogP contribution in [-0.4, -0.2) is 23.7 Å². The number of hydrogen-bond donors (Lipinski definition) is 0. The van der Waals surface area contributed by atoms with E-state index in [1.165, 1.54) is 108 Å². The predicted molar refractivity (Wildman–Crippen MR) is 99.9 cm³/mol. The van der Waals surface area contributed by atoms with Crippen LogP contribution in [0.3, 0.4) is 0 Å². The molecule has 0 radical (unpaired) electrons. The zero-order chi connectivity index (χ0) is 15.3. The lowest BCUT2D eigenvalue weighted by atomic mass is 10.0. The fourth-order valence-electron chi connectivity index (χ4n) is 3.89. The lowest BCUT2D eigenvalue weighted by molar-refractivity contribution is 0.102. The van der Waals surface area contributed by atoms with Gasteiger partial charge < -0.3 is 4.74 Å². The molecule has 0 aromatic rings. The van der Waals surface area contributed by atoms with Crippen molar-refractivity contribution in [3.8, 4) is 0 Å². The van der Waals surface area contributed by atoms with Gasteiger partial charge in [-0.25, -0.2) is 0 Å². The lowest BCUT2D eigenvalue weighted by Crippen LogP contribution is -2.08. The van der Waals surface area contributed by atoms with Crippen molar-refractivity contribution >= 4 is 11.8 Å². The molecule has 1 saturated carbocycles. The van der Waals surface area contributed by atoms with Gasteiger partial charge in [-0.1, -0.05) is 64.2 Å². The molecule has 1 unspecified atom stereocenters. The van der Waals surface area contributed by atoms with Gasteiger partial charge in [0.25, 0.3) is 0 Å². The highest BCUT2D eigenvalue weighted by Crippen LogP contribution is 2.28. The van der Waals surface area contributed by atoms with Crippen molar-refractivity contribution in [2.24, 2.45) is 0 Å². The first kappa shape index (κ1) is 18.6. The zero-order valence-corrected chi connectivity index (χ0v) is 15.5. The van der Waals surface area contributed by atoms with Crippen molar-refractivity contribution in [2.45, 2.75) is 114 Å². The molecule has 22 heavy (non-hydrogen) atoms. The van der Waals surface area contributed by atoms with Crippen molar-refractivity contribution in [3.05, 3.63) is 0 Å². The van der Waals surface area contributed by atoms with E-state index >= 15 is 0 Å². The molecule has 0 spiro atoms. The van der Waals surface area contributed by atoms with Gasteiger partial charge >= 0.3 is 0 Å². The molecular weight excluding hydrogens is 288 g/mol. The number of thioether (sulfide) groups is 1. The molecule has 1 heterocycles. The Kier molecular flexibility index (Phi) is 10.8. The Balaban J connectivity index is 1.26. The first-order chi connectivity index (χ1) is 10.9. The SMILES string of the molecule is C(CCCCCC1CCCO1)CCCCSC1CCCCC1. The van der Waals surface area contributed by atoms with Crippen molar-refractivity contribution in [3.63, 3.8) is 0 Å². The van der Waals surface area contributed by atoms with Crippen molar-refractivity contribution in [1.29, 1.82) is 0 Å². The van der Waals surface area contributed by atoms with Crippen LogP contribution in [0.1, 0.15) is 103 Å². The van der Waals surface area contributed by atoms with E-state index in [0.717, 1.165) is 11.9 Å². The zero-order valence-electron chi connectivity index (χ0n) is 14.7. The van der Waals surface area contributed by atoms with Gasteiger partial charge in [-0.2, -0.15) is 11.8 Å². The standard InChI is InChI=1S/C20H38OS/c1(3-5-8-13-19-14-12-17-21-19)2-4-6-11-18-22-20-15-9-7-10-16-20/h19-20H,1-18H2. The largest absolute Gasteiger partial charge is 0.378 e. The van der Waals surface area contributed by atoms with E-state index < -0.39 is 0 Å². The summed E-state index contributed by atoms with van der Waals surface area (Å²) in [5.41, 5.74) is 0. The van der Waals surface area contributed by atoms with Crippen LogP contribution in [0.15, 0.2) is 0 Å². The maximum atomic E-state index is 5.68. The van der Waals surface area contributed by atoms with Crippen LogP contribution in [-0.2, 0) is 4.74 Å². The third-order valence-corrected chi connectivity index (χ3v) is 6.82. The monoisotopic (exact) mass is 326 g/mol. The van der Waals surface area contributed by atoms with Crippen molar-refractivity contribution < 1.29 is 4.74 Å². The quantitative estimate of drug-likeness (QED) is 0.367. The molecule has 2 aliphatic rings. The Morgan fingerprint density at radius 3 is 2.05 bits per heavy atom. The predicted octanol–water partition coefficient (Wildman–Crippen LogP) is 6.74. The summed E-state index contributed by atoms with van der Waals surface area (Å²) in [6.07, 6.45) is 23.6. The minimum absolute atomic E-state index is 0.613. The fraction of sp³-hybridized carbons (Fsp3) is 1.00. The summed E-state index contributed by atoms with van der Waals surface area (Å²) >= 11 is 2.27. The van der Waals surface area contributed by atoms with E-state index in [9.17, 15) is 0 Å². The molecule has 0 bridgehead atoms. The van der Waals surface area contributed by atoms with E-state index in [2.05, 4.69) is 11.8 Å². The molecule has 2 rings (SSSR count). The fourth-order valence-corrected chi connectivity index (χ4v) is 5.26. The average molecular weight is 327 g/mol.